The van der Waals surface area contributed by atoms with E-state index >= 15 is 0 Å². The van der Waals surface area contributed by atoms with Crippen LogP contribution in [0.2, 0.25) is 5.02 Å². The Hall–Kier alpha value is -0.930. The smallest absolute Gasteiger partial charge is 0.165 e. The van der Waals surface area contributed by atoms with Crippen molar-refractivity contribution in [3.05, 3.63) is 22.2 Å². The molecule has 1 aromatic carbocycles. The summed E-state index contributed by atoms with van der Waals surface area (Å²) < 4.78 is 11.1. The average molecular weight is 243 g/mol. The fourth-order valence-electron chi connectivity index (χ4n) is 2.04. The van der Waals surface area contributed by atoms with Crippen LogP contribution in [0.3, 0.4) is 0 Å². The molecular weight excluding hydrogens is 228 g/mol. The van der Waals surface area contributed by atoms with Gasteiger partial charge in [-0.05, 0) is 13.3 Å². The highest BCUT2D eigenvalue weighted by atomic mass is 35.5. The van der Waals surface area contributed by atoms with Gasteiger partial charge in [-0.3, -0.25) is 0 Å². The van der Waals surface area contributed by atoms with Gasteiger partial charge < -0.3 is 14.6 Å². The standard InChI is InChI=1S/C12H15ClO3/c1-3-8-11(7(2)14)9(13)6-10-12(8)16-5-4-15-10/h6-7,14H,3-5H2,1-2H3. The van der Waals surface area contributed by atoms with Crippen LogP contribution in [0.4, 0.5) is 0 Å². The zero-order valence-electron chi connectivity index (χ0n) is 9.42. The molecule has 0 spiro atoms. The highest BCUT2D eigenvalue weighted by Gasteiger charge is 2.23. The summed E-state index contributed by atoms with van der Waals surface area (Å²) >= 11 is 6.14. The summed E-state index contributed by atoms with van der Waals surface area (Å²) in [5.74, 6) is 1.41. The van der Waals surface area contributed by atoms with Gasteiger partial charge in [-0.25, -0.2) is 0 Å². The molecule has 2 rings (SSSR count). The van der Waals surface area contributed by atoms with Crippen molar-refractivity contribution in [1.82, 2.24) is 0 Å². The fourth-order valence-corrected chi connectivity index (χ4v) is 2.41. The Morgan fingerprint density at radius 1 is 1.44 bits per heavy atom. The lowest BCUT2D eigenvalue weighted by molar-refractivity contribution is 0.166. The summed E-state index contributed by atoms with van der Waals surface area (Å²) in [6, 6.07) is 1.72. The molecule has 1 aromatic rings. The number of rotatable bonds is 2. The highest BCUT2D eigenvalue weighted by molar-refractivity contribution is 6.31. The maximum absolute atomic E-state index is 9.74. The first-order valence-electron chi connectivity index (χ1n) is 5.44. The van der Waals surface area contributed by atoms with Gasteiger partial charge in [0.25, 0.3) is 0 Å². The Morgan fingerprint density at radius 2 is 2.12 bits per heavy atom. The van der Waals surface area contributed by atoms with Crippen molar-refractivity contribution >= 4 is 11.6 Å². The molecule has 88 valence electrons. The minimum atomic E-state index is -0.599. The Bertz CT molecular complexity index is 402. The number of fused-ring (bicyclic) bond motifs is 1. The first-order valence-corrected chi connectivity index (χ1v) is 5.81. The Balaban J connectivity index is 2.62. The van der Waals surface area contributed by atoms with Crippen LogP contribution < -0.4 is 9.47 Å². The molecule has 4 heteroatoms. The van der Waals surface area contributed by atoms with Crippen molar-refractivity contribution in [2.75, 3.05) is 13.2 Å². The molecule has 0 bridgehead atoms. The van der Waals surface area contributed by atoms with E-state index in [2.05, 4.69) is 0 Å². The van der Waals surface area contributed by atoms with Gasteiger partial charge in [0.15, 0.2) is 11.5 Å². The van der Waals surface area contributed by atoms with Gasteiger partial charge in [-0.2, -0.15) is 0 Å². The molecule has 0 aliphatic carbocycles. The van der Waals surface area contributed by atoms with Gasteiger partial charge in [0.2, 0.25) is 0 Å². The number of hydrogen-bond acceptors (Lipinski definition) is 3. The summed E-state index contributed by atoms with van der Waals surface area (Å²) in [5.41, 5.74) is 1.69. The van der Waals surface area contributed by atoms with Gasteiger partial charge in [0.1, 0.15) is 13.2 Å². The summed E-state index contributed by atoms with van der Waals surface area (Å²) in [6.45, 7) is 4.80. The van der Waals surface area contributed by atoms with E-state index in [4.69, 9.17) is 21.1 Å². The van der Waals surface area contributed by atoms with E-state index < -0.39 is 6.10 Å². The molecule has 1 aliphatic rings. The number of hydrogen-bond donors (Lipinski definition) is 1. The summed E-state index contributed by atoms with van der Waals surface area (Å²) in [7, 11) is 0. The van der Waals surface area contributed by atoms with Crippen molar-refractivity contribution in [3.8, 4) is 11.5 Å². The Labute approximate surface area is 99.9 Å². The average Bonchev–Trinajstić information content (AvgIpc) is 2.26. The third-order valence-electron chi connectivity index (χ3n) is 2.70. The van der Waals surface area contributed by atoms with E-state index in [9.17, 15) is 5.11 Å². The number of benzene rings is 1. The molecule has 0 radical (unpaired) electrons. The van der Waals surface area contributed by atoms with Gasteiger partial charge in [0.05, 0.1) is 11.1 Å². The molecule has 0 aromatic heterocycles. The molecule has 16 heavy (non-hydrogen) atoms. The molecule has 1 N–H and O–H groups in total. The van der Waals surface area contributed by atoms with Crippen LogP contribution in [-0.2, 0) is 6.42 Å². The van der Waals surface area contributed by atoms with E-state index in [-0.39, 0.29) is 0 Å². The zero-order valence-corrected chi connectivity index (χ0v) is 10.2. The summed E-state index contributed by atoms with van der Waals surface area (Å²) in [6.07, 6.45) is 0.158. The molecule has 3 nitrogen and oxygen atoms in total. The number of ether oxygens (including phenoxy) is 2. The first kappa shape index (κ1) is 11.6. The Morgan fingerprint density at radius 3 is 2.75 bits per heavy atom. The quantitative estimate of drug-likeness (QED) is 0.867. The van der Waals surface area contributed by atoms with Crippen molar-refractivity contribution in [1.29, 1.82) is 0 Å². The minimum absolute atomic E-state index is 0.538. The molecular formula is C12H15ClO3. The van der Waals surface area contributed by atoms with Crippen LogP contribution in [0.5, 0.6) is 11.5 Å². The second kappa shape index (κ2) is 4.52. The van der Waals surface area contributed by atoms with E-state index in [1.54, 1.807) is 13.0 Å². The summed E-state index contributed by atoms with van der Waals surface area (Å²) in [5, 5.41) is 10.3. The lowest BCUT2D eigenvalue weighted by atomic mass is 9.99. The van der Waals surface area contributed by atoms with Crippen LogP contribution in [0.1, 0.15) is 31.1 Å². The number of halogens is 1. The van der Waals surface area contributed by atoms with E-state index in [1.165, 1.54) is 0 Å². The fraction of sp³-hybridized carbons (Fsp3) is 0.500. The van der Waals surface area contributed by atoms with Crippen LogP contribution in [0.25, 0.3) is 0 Å². The molecule has 1 heterocycles. The lowest BCUT2D eigenvalue weighted by Crippen LogP contribution is -2.18. The molecule has 0 amide bonds. The second-order valence-corrected chi connectivity index (χ2v) is 4.21. The third kappa shape index (κ3) is 1.85. The predicted molar refractivity (Wildman–Crippen MR) is 62.5 cm³/mol. The predicted octanol–water partition coefficient (Wildman–Crippen LogP) is 2.73. The van der Waals surface area contributed by atoms with Gasteiger partial charge in [-0.15, -0.1) is 0 Å². The molecule has 1 aliphatic heterocycles. The molecule has 1 unspecified atom stereocenters. The van der Waals surface area contributed by atoms with Crippen molar-refractivity contribution in [2.24, 2.45) is 0 Å². The summed E-state index contributed by atoms with van der Waals surface area (Å²) in [4.78, 5) is 0. The van der Waals surface area contributed by atoms with Crippen molar-refractivity contribution in [2.45, 2.75) is 26.4 Å². The van der Waals surface area contributed by atoms with E-state index in [1.807, 2.05) is 6.92 Å². The van der Waals surface area contributed by atoms with Crippen LogP contribution in [0, 0.1) is 0 Å². The van der Waals surface area contributed by atoms with Crippen LogP contribution in [-0.4, -0.2) is 18.3 Å². The molecule has 0 fully saturated rings. The zero-order chi connectivity index (χ0) is 11.7. The Kier molecular flexibility index (Phi) is 3.26. The van der Waals surface area contributed by atoms with E-state index in [0.29, 0.717) is 24.0 Å². The first-order chi connectivity index (χ1) is 7.65. The van der Waals surface area contributed by atoms with Gasteiger partial charge in [-0.1, -0.05) is 18.5 Å². The maximum atomic E-state index is 9.74. The normalized spacial score (nSPS) is 16.0. The van der Waals surface area contributed by atoms with Gasteiger partial charge in [0, 0.05) is 17.2 Å². The topological polar surface area (TPSA) is 38.7 Å². The highest BCUT2D eigenvalue weighted by Crippen LogP contribution is 2.42. The molecule has 0 saturated heterocycles. The largest absolute Gasteiger partial charge is 0.486 e. The molecule has 0 saturated carbocycles. The lowest BCUT2D eigenvalue weighted by Gasteiger charge is -2.24. The van der Waals surface area contributed by atoms with Crippen molar-refractivity contribution < 1.29 is 14.6 Å². The number of aliphatic hydroxyl groups is 1. The SMILES string of the molecule is CCc1c2c(cc(Cl)c1C(C)O)OCCO2. The van der Waals surface area contributed by atoms with E-state index in [0.717, 1.165) is 23.3 Å². The monoisotopic (exact) mass is 242 g/mol. The maximum Gasteiger partial charge on any atom is 0.165 e. The number of aliphatic hydroxyl groups excluding tert-OH is 1. The van der Waals surface area contributed by atoms with Crippen LogP contribution in [0.15, 0.2) is 6.07 Å². The van der Waals surface area contributed by atoms with Crippen LogP contribution >= 0.6 is 11.6 Å². The van der Waals surface area contributed by atoms with Crippen molar-refractivity contribution in [3.63, 3.8) is 0 Å². The molecule has 1 atom stereocenters. The van der Waals surface area contributed by atoms with Gasteiger partial charge >= 0.3 is 0 Å². The second-order valence-electron chi connectivity index (χ2n) is 3.80. The third-order valence-corrected chi connectivity index (χ3v) is 3.01. The minimum Gasteiger partial charge on any atom is -0.486 e.